The van der Waals surface area contributed by atoms with Crippen LogP contribution in [0, 0.1) is 0 Å². The molecule has 0 aliphatic heterocycles. The minimum absolute atomic E-state index is 0.715. The number of hydrogen-bond donors (Lipinski definition) is 0. The molecule has 0 spiro atoms. The topological polar surface area (TPSA) is 51.6 Å². The highest BCUT2D eigenvalue weighted by Gasteiger charge is 2.14. The Kier molecular flexibility index (Phi) is 9.34. The van der Waals surface area contributed by atoms with E-state index in [1.807, 2.05) is 84.1 Å². The second-order valence-electron chi connectivity index (χ2n) is 15.1. The van der Waals surface area contributed by atoms with Crippen LogP contribution in [0.15, 0.2) is 218 Å². The third-order valence-corrected chi connectivity index (χ3v) is 12.3. The van der Waals surface area contributed by atoms with E-state index in [0.29, 0.717) is 11.6 Å². The Balaban J connectivity index is 0.904. The highest BCUT2D eigenvalue weighted by atomic mass is 32.1. The fraction of sp³-hybridized carbons (Fsp3) is 0. The molecule has 4 nitrogen and oxygen atoms in total. The number of fused-ring (bicyclic) bond motifs is 3. The third-order valence-electron chi connectivity index (χ3n) is 11.2. The standard InChI is InChI=1S/C56H36N4S/c1-5-13-39(14-6-1)49-35-51(59-55(57-49)43-17-9-3-10-18-43)41-25-21-37(22-26-41)45-29-31-53-47(33-45)48-34-46(30-32-54(48)61-53)38-23-27-42(28-24-38)52-36-50(40-15-7-2-8-16-40)58-56(60-52)44-19-11-4-12-20-44/h1-36H. The van der Waals surface area contributed by atoms with Gasteiger partial charge in [-0.3, -0.25) is 0 Å². The molecule has 0 atom stereocenters. The van der Waals surface area contributed by atoms with E-state index in [9.17, 15) is 0 Å². The molecule has 0 amide bonds. The zero-order valence-corrected chi connectivity index (χ0v) is 33.8. The Bertz CT molecular complexity index is 2970. The summed E-state index contributed by atoms with van der Waals surface area (Å²) in [6.07, 6.45) is 0. The number of rotatable bonds is 8. The maximum atomic E-state index is 5.04. The highest BCUT2D eigenvalue weighted by molar-refractivity contribution is 7.25. The van der Waals surface area contributed by atoms with Crippen LogP contribution in [0.2, 0.25) is 0 Å². The molecule has 3 heterocycles. The predicted molar refractivity (Wildman–Crippen MR) is 254 cm³/mol. The maximum absolute atomic E-state index is 5.04. The second kappa shape index (κ2) is 15.7. The van der Waals surface area contributed by atoms with Gasteiger partial charge in [-0.2, -0.15) is 0 Å². The lowest BCUT2D eigenvalue weighted by Crippen LogP contribution is -1.95. The quantitative estimate of drug-likeness (QED) is 0.154. The summed E-state index contributed by atoms with van der Waals surface area (Å²) in [7, 11) is 0. The molecule has 11 rings (SSSR count). The SMILES string of the molecule is c1ccc(-c2cc(-c3ccc(-c4ccc5sc6ccc(-c7ccc(-c8cc(-c9ccccc9)nc(-c9ccccc9)n8)cc7)cc6c5c4)cc3)nc(-c3ccccc3)n2)cc1. The van der Waals surface area contributed by atoms with E-state index in [2.05, 4.69) is 146 Å². The van der Waals surface area contributed by atoms with Crippen LogP contribution in [-0.2, 0) is 0 Å². The van der Waals surface area contributed by atoms with Crippen LogP contribution in [0.5, 0.6) is 0 Å². The molecule has 0 fully saturated rings. The summed E-state index contributed by atoms with van der Waals surface area (Å²) in [6.45, 7) is 0. The fourth-order valence-electron chi connectivity index (χ4n) is 7.94. The molecule has 0 bridgehead atoms. The minimum atomic E-state index is 0.715. The average Bonchev–Trinajstić information content (AvgIpc) is 3.72. The van der Waals surface area contributed by atoms with Gasteiger partial charge in [-0.15, -0.1) is 11.3 Å². The van der Waals surface area contributed by atoms with E-state index in [1.165, 1.54) is 31.3 Å². The molecular weight excluding hydrogens is 761 g/mol. The van der Waals surface area contributed by atoms with Gasteiger partial charge < -0.3 is 0 Å². The van der Waals surface area contributed by atoms with Crippen molar-refractivity contribution in [3.63, 3.8) is 0 Å². The first-order chi connectivity index (χ1) is 30.2. The molecule has 3 aromatic heterocycles. The van der Waals surface area contributed by atoms with E-state index in [0.717, 1.165) is 67.3 Å². The zero-order valence-electron chi connectivity index (χ0n) is 33.0. The monoisotopic (exact) mass is 796 g/mol. The Hall–Kier alpha value is -7.86. The summed E-state index contributed by atoms with van der Waals surface area (Å²) in [6, 6.07) is 76.3. The van der Waals surface area contributed by atoms with Crippen LogP contribution in [0.1, 0.15) is 0 Å². The van der Waals surface area contributed by atoms with E-state index in [1.54, 1.807) is 0 Å². The van der Waals surface area contributed by atoms with Crippen molar-refractivity contribution >= 4 is 31.5 Å². The van der Waals surface area contributed by atoms with Gasteiger partial charge in [0.25, 0.3) is 0 Å². The summed E-state index contributed by atoms with van der Waals surface area (Å²) in [5.74, 6) is 1.43. The highest BCUT2D eigenvalue weighted by Crippen LogP contribution is 2.39. The summed E-state index contributed by atoms with van der Waals surface area (Å²) in [5.41, 5.74) is 14.5. The summed E-state index contributed by atoms with van der Waals surface area (Å²) < 4.78 is 2.55. The largest absolute Gasteiger partial charge is 0.228 e. The zero-order chi connectivity index (χ0) is 40.5. The van der Waals surface area contributed by atoms with Gasteiger partial charge in [0.05, 0.1) is 22.8 Å². The number of thiophene rings is 1. The van der Waals surface area contributed by atoms with Gasteiger partial charge in [0.2, 0.25) is 0 Å². The molecule has 61 heavy (non-hydrogen) atoms. The van der Waals surface area contributed by atoms with Gasteiger partial charge in [-0.05, 0) is 58.7 Å². The molecule has 0 saturated carbocycles. The van der Waals surface area contributed by atoms with Crippen LogP contribution >= 0.6 is 11.3 Å². The Morgan fingerprint density at radius 3 is 0.852 bits per heavy atom. The Morgan fingerprint density at radius 1 is 0.230 bits per heavy atom. The molecule has 0 radical (unpaired) electrons. The first kappa shape index (κ1) is 36.2. The number of nitrogens with zero attached hydrogens (tertiary/aromatic N) is 4. The van der Waals surface area contributed by atoms with Gasteiger partial charge in [-0.25, -0.2) is 19.9 Å². The van der Waals surface area contributed by atoms with Gasteiger partial charge in [0, 0.05) is 53.6 Å². The fourth-order valence-corrected chi connectivity index (χ4v) is 9.01. The van der Waals surface area contributed by atoms with Gasteiger partial charge in [0.15, 0.2) is 11.6 Å². The number of aromatic nitrogens is 4. The van der Waals surface area contributed by atoms with E-state index < -0.39 is 0 Å². The number of benzene rings is 8. The molecular formula is C56H36N4S. The van der Waals surface area contributed by atoms with Crippen LogP contribution < -0.4 is 0 Å². The molecule has 0 unspecified atom stereocenters. The average molecular weight is 797 g/mol. The molecule has 8 aromatic carbocycles. The van der Waals surface area contributed by atoms with Crippen molar-refractivity contribution in [2.75, 3.05) is 0 Å². The lowest BCUT2D eigenvalue weighted by atomic mass is 9.98. The van der Waals surface area contributed by atoms with Crippen molar-refractivity contribution in [1.82, 2.24) is 19.9 Å². The van der Waals surface area contributed by atoms with Gasteiger partial charge in [0.1, 0.15) is 0 Å². The van der Waals surface area contributed by atoms with Crippen LogP contribution in [0.25, 0.3) is 110 Å². The first-order valence-electron chi connectivity index (χ1n) is 20.4. The van der Waals surface area contributed by atoms with Crippen molar-refractivity contribution in [3.05, 3.63) is 218 Å². The molecule has 0 saturated heterocycles. The first-order valence-corrected chi connectivity index (χ1v) is 21.2. The summed E-state index contributed by atoms with van der Waals surface area (Å²) >= 11 is 1.84. The van der Waals surface area contributed by atoms with Crippen molar-refractivity contribution in [2.45, 2.75) is 0 Å². The van der Waals surface area contributed by atoms with E-state index in [4.69, 9.17) is 19.9 Å². The molecule has 286 valence electrons. The molecule has 0 aliphatic carbocycles. The molecule has 0 N–H and O–H groups in total. The normalized spacial score (nSPS) is 11.3. The second-order valence-corrected chi connectivity index (χ2v) is 16.2. The minimum Gasteiger partial charge on any atom is -0.228 e. The van der Waals surface area contributed by atoms with Crippen LogP contribution in [0.3, 0.4) is 0 Å². The Morgan fingerprint density at radius 2 is 0.508 bits per heavy atom. The Labute approximate surface area is 358 Å². The maximum Gasteiger partial charge on any atom is 0.160 e. The van der Waals surface area contributed by atoms with Crippen molar-refractivity contribution in [1.29, 1.82) is 0 Å². The van der Waals surface area contributed by atoms with Gasteiger partial charge in [-0.1, -0.05) is 182 Å². The van der Waals surface area contributed by atoms with Crippen molar-refractivity contribution < 1.29 is 0 Å². The number of hydrogen-bond acceptors (Lipinski definition) is 5. The smallest absolute Gasteiger partial charge is 0.160 e. The van der Waals surface area contributed by atoms with Crippen molar-refractivity contribution in [2.24, 2.45) is 0 Å². The molecule has 5 heteroatoms. The lowest BCUT2D eigenvalue weighted by molar-refractivity contribution is 1.18. The summed E-state index contributed by atoms with van der Waals surface area (Å²) in [4.78, 5) is 20.0. The predicted octanol–water partition coefficient (Wildman–Crippen LogP) is 15.0. The van der Waals surface area contributed by atoms with E-state index in [-0.39, 0.29) is 0 Å². The third kappa shape index (κ3) is 7.28. The molecule has 0 aliphatic rings. The lowest BCUT2D eigenvalue weighted by Gasteiger charge is -2.10. The van der Waals surface area contributed by atoms with Crippen LogP contribution in [0.4, 0.5) is 0 Å². The van der Waals surface area contributed by atoms with E-state index >= 15 is 0 Å². The van der Waals surface area contributed by atoms with Crippen molar-refractivity contribution in [3.8, 4) is 90.1 Å². The van der Waals surface area contributed by atoms with Crippen LogP contribution in [-0.4, -0.2) is 19.9 Å². The van der Waals surface area contributed by atoms with Gasteiger partial charge >= 0.3 is 0 Å². The summed E-state index contributed by atoms with van der Waals surface area (Å²) in [5, 5.41) is 2.53. The molecule has 11 aromatic rings.